The Kier molecular flexibility index (Phi) is 6.17. The van der Waals surface area contributed by atoms with Crippen LogP contribution in [0.15, 0.2) is 11.6 Å². The Morgan fingerprint density at radius 3 is 1.91 bits per heavy atom. The maximum Gasteiger partial charge on any atom is 0.323 e. The number of allylic oxidation sites excluding steroid dienone is 2. The van der Waals surface area contributed by atoms with E-state index in [4.69, 9.17) is 14.2 Å². The van der Waals surface area contributed by atoms with E-state index in [-0.39, 0.29) is 37.8 Å². The lowest BCUT2D eigenvalue weighted by Crippen LogP contribution is -2.43. The van der Waals surface area contributed by atoms with Gasteiger partial charge in [-0.3, -0.25) is 9.59 Å². The number of carbonyl (C=O) groups is 2. The summed E-state index contributed by atoms with van der Waals surface area (Å²) in [7, 11) is 0. The Labute approximate surface area is 133 Å². The highest BCUT2D eigenvalue weighted by atomic mass is 16.6. The van der Waals surface area contributed by atoms with Crippen LogP contribution in [0.4, 0.5) is 0 Å². The molecule has 1 aliphatic rings. The van der Waals surface area contributed by atoms with E-state index in [1.54, 1.807) is 13.8 Å². The summed E-state index contributed by atoms with van der Waals surface area (Å²) in [5, 5.41) is 0. The van der Waals surface area contributed by atoms with Crippen LogP contribution in [0.1, 0.15) is 54.4 Å². The van der Waals surface area contributed by atoms with Gasteiger partial charge >= 0.3 is 11.9 Å². The molecule has 0 saturated carbocycles. The molecule has 0 aromatic carbocycles. The topological polar surface area (TPSA) is 65.1 Å². The lowest BCUT2D eigenvalue weighted by atomic mass is 9.77. The summed E-state index contributed by atoms with van der Waals surface area (Å²) < 4.78 is 15.9. The van der Waals surface area contributed by atoms with Crippen LogP contribution in [-0.4, -0.2) is 36.9 Å². The first-order valence-electron chi connectivity index (χ1n) is 7.85. The van der Waals surface area contributed by atoms with E-state index in [9.17, 15) is 9.59 Å². The Balaban J connectivity index is 3.12. The van der Waals surface area contributed by atoms with E-state index in [0.29, 0.717) is 0 Å². The van der Waals surface area contributed by atoms with Gasteiger partial charge in [-0.15, -0.1) is 0 Å². The zero-order chi connectivity index (χ0) is 17.0. The first-order valence-corrected chi connectivity index (χ1v) is 7.85. The Morgan fingerprint density at radius 1 is 1.14 bits per heavy atom. The van der Waals surface area contributed by atoms with Crippen LogP contribution in [0.2, 0.25) is 0 Å². The van der Waals surface area contributed by atoms with Crippen molar-refractivity contribution in [3.63, 3.8) is 0 Å². The van der Waals surface area contributed by atoms with E-state index in [1.165, 1.54) is 0 Å². The van der Waals surface area contributed by atoms with Crippen molar-refractivity contribution in [2.75, 3.05) is 13.2 Å². The molecule has 1 heterocycles. The second-order valence-electron chi connectivity index (χ2n) is 6.42. The van der Waals surface area contributed by atoms with E-state index < -0.39 is 17.4 Å². The summed E-state index contributed by atoms with van der Waals surface area (Å²) in [5.74, 6) is -1.06. The van der Waals surface area contributed by atoms with Gasteiger partial charge in [-0.05, 0) is 48.0 Å². The smallest absolute Gasteiger partial charge is 0.323 e. The van der Waals surface area contributed by atoms with Crippen molar-refractivity contribution in [2.24, 2.45) is 5.41 Å². The fourth-order valence-corrected chi connectivity index (χ4v) is 2.35. The molecule has 0 aliphatic carbocycles. The molecule has 0 bridgehead atoms. The molecule has 0 radical (unpaired) electrons. The highest BCUT2D eigenvalue weighted by Crippen LogP contribution is 2.45. The molecule has 5 nitrogen and oxygen atoms in total. The lowest BCUT2D eigenvalue weighted by molar-refractivity contribution is -0.173. The predicted octanol–water partition coefficient (Wildman–Crippen LogP) is 3.02. The van der Waals surface area contributed by atoms with Gasteiger partial charge in [0.2, 0.25) is 0 Å². The zero-order valence-electron chi connectivity index (χ0n) is 14.5. The summed E-state index contributed by atoms with van der Waals surface area (Å²) in [6.07, 6.45) is 2.28. The van der Waals surface area contributed by atoms with Crippen molar-refractivity contribution in [1.29, 1.82) is 0 Å². The minimum Gasteiger partial charge on any atom is -0.465 e. The maximum absolute atomic E-state index is 12.6. The van der Waals surface area contributed by atoms with E-state index in [1.807, 2.05) is 33.8 Å². The van der Waals surface area contributed by atoms with Gasteiger partial charge in [0.05, 0.1) is 24.9 Å². The molecule has 5 heteroatoms. The molecule has 0 aromatic rings. The van der Waals surface area contributed by atoms with Crippen molar-refractivity contribution in [3.8, 4) is 0 Å². The number of esters is 2. The molecule has 1 unspecified atom stereocenters. The van der Waals surface area contributed by atoms with Crippen LogP contribution in [0, 0.1) is 5.41 Å². The first kappa shape index (κ1) is 18.7. The maximum atomic E-state index is 12.6. The standard InChI is InChI=1S/C17H28O5/c1-7-20-14(18)17(10-9-12(3)4,15(19)21-8-2)11-13-16(5,6)22-13/h9,13H,7-8,10-11H2,1-6H3. The number of hydrogen-bond donors (Lipinski definition) is 0. The molecule has 0 aromatic heterocycles. The number of carbonyl (C=O) groups excluding carboxylic acids is 2. The van der Waals surface area contributed by atoms with Crippen LogP contribution in [-0.2, 0) is 23.8 Å². The van der Waals surface area contributed by atoms with Gasteiger partial charge in [0, 0.05) is 6.42 Å². The summed E-state index contributed by atoms with van der Waals surface area (Å²) in [4.78, 5) is 25.1. The summed E-state index contributed by atoms with van der Waals surface area (Å²) in [6.45, 7) is 11.7. The normalized spacial score (nSPS) is 19.3. The van der Waals surface area contributed by atoms with Crippen LogP contribution in [0.25, 0.3) is 0 Å². The Morgan fingerprint density at radius 2 is 1.59 bits per heavy atom. The summed E-state index contributed by atoms with van der Waals surface area (Å²) >= 11 is 0. The van der Waals surface area contributed by atoms with Gasteiger partial charge in [0.1, 0.15) is 0 Å². The van der Waals surface area contributed by atoms with E-state index in [0.717, 1.165) is 5.57 Å². The van der Waals surface area contributed by atoms with Gasteiger partial charge in [-0.2, -0.15) is 0 Å². The molecule has 126 valence electrons. The molecule has 1 fully saturated rings. The third kappa shape index (κ3) is 4.32. The second-order valence-corrected chi connectivity index (χ2v) is 6.42. The van der Waals surface area contributed by atoms with Crippen molar-refractivity contribution < 1.29 is 23.8 Å². The minimum absolute atomic E-state index is 0.146. The Hall–Kier alpha value is -1.36. The quantitative estimate of drug-likeness (QED) is 0.298. The van der Waals surface area contributed by atoms with Crippen LogP contribution >= 0.6 is 0 Å². The fraction of sp³-hybridized carbons (Fsp3) is 0.765. The van der Waals surface area contributed by atoms with Crippen molar-refractivity contribution >= 4 is 11.9 Å². The molecular formula is C17H28O5. The first-order chi connectivity index (χ1) is 10.2. The van der Waals surface area contributed by atoms with E-state index in [2.05, 4.69) is 0 Å². The molecule has 0 spiro atoms. The second kappa shape index (κ2) is 7.27. The molecule has 22 heavy (non-hydrogen) atoms. The SMILES string of the molecule is CCOC(=O)C(CC=C(C)C)(CC1OC1(C)C)C(=O)OCC. The molecule has 1 saturated heterocycles. The largest absolute Gasteiger partial charge is 0.465 e. The molecular weight excluding hydrogens is 284 g/mol. The van der Waals surface area contributed by atoms with Crippen molar-refractivity contribution in [2.45, 2.75) is 66.1 Å². The van der Waals surface area contributed by atoms with Crippen molar-refractivity contribution in [3.05, 3.63) is 11.6 Å². The number of hydrogen-bond acceptors (Lipinski definition) is 5. The highest BCUT2D eigenvalue weighted by Gasteiger charge is 2.58. The van der Waals surface area contributed by atoms with Crippen molar-refractivity contribution in [1.82, 2.24) is 0 Å². The number of epoxide rings is 1. The third-order valence-electron chi connectivity index (χ3n) is 3.89. The predicted molar refractivity (Wildman–Crippen MR) is 83.3 cm³/mol. The summed E-state index contributed by atoms with van der Waals surface area (Å²) in [6, 6.07) is 0. The van der Waals surface area contributed by atoms with Crippen LogP contribution < -0.4 is 0 Å². The molecule has 1 rings (SSSR count). The van der Waals surface area contributed by atoms with Gasteiger partial charge in [-0.1, -0.05) is 11.6 Å². The molecule has 0 amide bonds. The summed E-state index contributed by atoms with van der Waals surface area (Å²) in [5.41, 5.74) is -0.606. The fourth-order valence-electron chi connectivity index (χ4n) is 2.35. The van der Waals surface area contributed by atoms with Gasteiger partial charge in [-0.25, -0.2) is 0 Å². The van der Waals surface area contributed by atoms with Crippen LogP contribution in [0.5, 0.6) is 0 Å². The highest BCUT2D eigenvalue weighted by molar-refractivity contribution is 6.00. The van der Waals surface area contributed by atoms with Gasteiger partial charge in [0.15, 0.2) is 5.41 Å². The number of ether oxygens (including phenoxy) is 3. The number of rotatable bonds is 8. The van der Waals surface area contributed by atoms with Crippen LogP contribution in [0.3, 0.4) is 0 Å². The average molecular weight is 312 g/mol. The van der Waals surface area contributed by atoms with Gasteiger partial charge < -0.3 is 14.2 Å². The minimum atomic E-state index is -1.33. The molecule has 1 atom stereocenters. The van der Waals surface area contributed by atoms with Gasteiger partial charge in [0.25, 0.3) is 0 Å². The monoisotopic (exact) mass is 312 g/mol. The zero-order valence-corrected chi connectivity index (χ0v) is 14.5. The lowest BCUT2D eigenvalue weighted by Gasteiger charge is -2.28. The van der Waals surface area contributed by atoms with E-state index >= 15 is 0 Å². The third-order valence-corrected chi connectivity index (χ3v) is 3.89. The Bertz CT molecular complexity index is 428. The average Bonchev–Trinajstić information content (AvgIpc) is 3.01. The molecule has 1 aliphatic heterocycles. The molecule has 0 N–H and O–H groups in total.